The van der Waals surface area contributed by atoms with Crippen LogP contribution in [0.1, 0.15) is 45.9 Å². The topological polar surface area (TPSA) is 59.2 Å². The normalized spacial score (nSPS) is 21.4. The molecule has 0 aromatic carbocycles. The van der Waals surface area contributed by atoms with Gasteiger partial charge in [0.1, 0.15) is 6.42 Å². The molecule has 1 fully saturated rings. The molecule has 0 bridgehead atoms. The van der Waals surface area contributed by atoms with Gasteiger partial charge in [-0.15, -0.1) is 10.2 Å². The molecule has 5 heteroatoms. The number of amides is 1. The Balaban J connectivity index is 2.06. The van der Waals surface area contributed by atoms with Gasteiger partial charge in [0.25, 0.3) is 0 Å². The first-order chi connectivity index (χ1) is 8.67. The number of piperidine rings is 1. The summed E-state index contributed by atoms with van der Waals surface area (Å²) in [6, 6.07) is 0. The number of likely N-dealkylation sites (tertiary alicyclic amines) is 1. The number of carbonyl (C=O) groups excluding carboxylic acids is 1. The molecule has 1 aliphatic rings. The average Bonchev–Trinajstić information content (AvgIpc) is 2.59. The van der Waals surface area contributed by atoms with Crippen molar-refractivity contribution < 1.29 is 9.21 Å². The molecule has 2 heterocycles. The summed E-state index contributed by atoms with van der Waals surface area (Å²) in [6.07, 6.45) is 1.33. The molecule has 1 saturated heterocycles. The number of carbonyl (C=O) groups is 1. The van der Waals surface area contributed by atoms with Crippen molar-refractivity contribution in [3.05, 3.63) is 11.8 Å². The highest BCUT2D eigenvalue weighted by Crippen LogP contribution is 2.39. The van der Waals surface area contributed by atoms with Gasteiger partial charge in [0.05, 0.1) is 0 Å². The third-order valence-corrected chi connectivity index (χ3v) is 3.42. The molecule has 0 aliphatic carbocycles. The molecule has 106 valence electrons. The summed E-state index contributed by atoms with van der Waals surface area (Å²) in [5.41, 5.74) is 0.310. The van der Waals surface area contributed by atoms with E-state index in [0.717, 1.165) is 19.5 Å². The van der Waals surface area contributed by atoms with Crippen LogP contribution in [0, 0.1) is 17.8 Å². The maximum atomic E-state index is 12.4. The van der Waals surface area contributed by atoms with Gasteiger partial charge in [-0.3, -0.25) is 4.79 Å². The Kier molecular flexibility index (Phi) is 3.41. The zero-order valence-electron chi connectivity index (χ0n) is 12.5. The number of nitrogens with zero attached hydrogens (tertiary/aromatic N) is 3. The third-order valence-electron chi connectivity index (χ3n) is 3.42. The number of aryl methyl sites for hydroxylation is 1. The zero-order valence-corrected chi connectivity index (χ0v) is 12.5. The van der Waals surface area contributed by atoms with Gasteiger partial charge in [-0.2, -0.15) is 0 Å². The fourth-order valence-electron chi connectivity index (χ4n) is 3.32. The van der Waals surface area contributed by atoms with Gasteiger partial charge in [-0.25, -0.2) is 0 Å². The van der Waals surface area contributed by atoms with E-state index < -0.39 is 0 Å². The Labute approximate surface area is 114 Å². The quantitative estimate of drug-likeness (QED) is 0.822. The minimum atomic E-state index is 0.0736. The Morgan fingerprint density at radius 2 is 1.79 bits per heavy atom. The minimum absolute atomic E-state index is 0.0736. The van der Waals surface area contributed by atoms with Crippen LogP contribution >= 0.6 is 0 Å². The molecule has 0 radical (unpaired) electrons. The van der Waals surface area contributed by atoms with Crippen LogP contribution in [0.5, 0.6) is 0 Å². The van der Waals surface area contributed by atoms with Crippen LogP contribution in [-0.2, 0) is 11.2 Å². The first-order valence-corrected chi connectivity index (χ1v) is 6.74. The summed E-state index contributed by atoms with van der Waals surface area (Å²) in [6.45, 7) is 12.2. The Bertz CT molecular complexity index is 461. The molecule has 5 nitrogen and oxygen atoms in total. The van der Waals surface area contributed by atoms with Gasteiger partial charge in [0.15, 0.2) is 0 Å². The lowest BCUT2D eigenvalue weighted by atomic mass is 9.71. The minimum Gasteiger partial charge on any atom is -0.425 e. The van der Waals surface area contributed by atoms with E-state index in [0.29, 0.717) is 11.8 Å². The number of rotatable bonds is 2. The molecule has 0 saturated carbocycles. The fourth-order valence-corrected chi connectivity index (χ4v) is 3.32. The van der Waals surface area contributed by atoms with E-state index in [1.54, 1.807) is 6.92 Å². The summed E-state index contributed by atoms with van der Waals surface area (Å²) >= 11 is 0. The highest BCUT2D eigenvalue weighted by Gasteiger charge is 2.39. The van der Waals surface area contributed by atoms with Gasteiger partial charge in [-0.05, 0) is 17.3 Å². The standard InChI is InChI=1S/C14H23N3O2/c1-10-15-16-11(19-10)6-12(18)17-8-13(2,3)7-14(4,5)9-17/h6-9H2,1-5H3. The summed E-state index contributed by atoms with van der Waals surface area (Å²) in [4.78, 5) is 14.3. The zero-order chi connectivity index (χ0) is 14.3. The van der Waals surface area contributed by atoms with Crippen molar-refractivity contribution in [3.63, 3.8) is 0 Å². The summed E-state index contributed by atoms with van der Waals surface area (Å²) in [5.74, 6) is 0.982. The van der Waals surface area contributed by atoms with Crippen LogP contribution in [0.4, 0.5) is 0 Å². The van der Waals surface area contributed by atoms with Gasteiger partial charge in [0, 0.05) is 20.0 Å². The van der Waals surface area contributed by atoms with Crippen molar-refractivity contribution >= 4 is 5.91 Å². The van der Waals surface area contributed by atoms with Crippen LogP contribution in [0.25, 0.3) is 0 Å². The lowest BCUT2D eigenvalue weighted by Crippen LogP contribution is -2.51. The van der Waals surface area contributed by atoms with Gasteiger partial charge >= 0.3 is 0 Å². The van der Waals surface area contributed by atoms with E-state index in [1.807, 2.05) is 4.90 Å². The fraction of sp³-hybridized carbons (Fsp3) is 0.786. The van der Waals surface area contributed by atoms with Gasteiger partial charge < -0.3 is 9.32 Å². The van der Waals surface area contributed by atoms with Crippen LogP contribution in [-0.4, -0.2) is 34.1 Å². The van der Waals surface area contributed by atoms with Crippen LogP contribution < -0.4 is 0 Å². The average molecular weight is 265 g/mol. The van der Waals surface area contributed by atoms with E-state index in [4.69, 9.17) is 4.42 Å². The van der Waals surface area contributed by atoms with Gasteiger partial charge in [-0.1, -0.05) is 27.7 Å². The van der Waals surface area contributed by atoms with E-state index in [1.165, 1.54) is 0 Å². The number of hydrogen-bond acceptors (Lipinski definition) is 4. The highest BCUT2D eigenvalue weighted by atomic mass is 16.4. The molecule has 1 aromatic heterocycles. The molecule has 0 spiro atoms. The SMILES string of the molecule is Cc1nnc(CC(=O)N2CC(C)(C)CC(C)(C)C2)o1. The van der Waals surface area contributed by atoms with Gasteiger partial charge in [0.2, 0.25) is 17.7 Å². The molecule has 0 atom stereocenters. The van der Waals surface area contributed by atoms with Crippen molar-refractivity contribution in [1.29, 1.82) is 0 Å². The summed E-state index contributed by atoms with van der Waals surface area (Å²) in [5, 5.41) is 7.64. The predicted molar refractivity (Wildman–Crippen MR) is 71.5 cm³/mol. The maximum Gasteiger partial charge on any atom is 0.232 e. The molecular formula is C14H23N3O2. The van der Waals surface area contributed by atoms with Crippen molar-refractivity contribution in [2.75, 3.05) is 13.1 Å². The molecule has 1 aliphatic heterocycles. The van der Waals surface area contributed by atoms with Crippen LogP contribution in [0.2, 0.25) is 0 Å². The predicted octanol–water partition coefficient (Wildman–Crippen LogP) is 2.21. The Morgan fingerprint density at radius 1 is 1.21 bits per heavy atom. The second kappa shape index (κ2) is 4.62. The number of hydrogen-bond donors (Lipinski definition) is 0. The first-order valence-electron chi connectivity index (χ1n) is 6.74. The maximum absolute atomic E-state index is 12.4. The molecule has 2 rings (SSSR count). The second-order valence-electron chi connectivity index (χ2n) is 7.15. The van der Waals surface area contributed by atoms with E-state index in [-0.39, 0.29) is 23.2 Å². The Morgan fingerprint density at radius 3 is 2.26 bits per heavy atom. The smallest absolute Gasteiger partial charge is 0.232 e. The van der Waals surface area contributed by atoms with Crippen molar-refractivity contribution in [2.45, 2.75) is 47.5 Å². The summed E-state index contributed by atoms with van der Waals surface area (Å²) < 4.78 is 5.28. The van der Waals surface area contributed by atoms with E-state index in [9.17, 15) is 4.79 Å². The molecular weight excluding hydrogens is 242 g/mol. The van der Waals surface area contributed by atoms with E-state index in [2.05, 4.69) is 37.9 Å². The first kappa shape index (κ1) is 14.0. The second-order valence-corrected chi connectivity index (χ2v) is 7.15. The lowest BCUT2D eigenvalue weighted by Gasteiger charge is -2.46. The van der Waals surface area contributed by atoms with Crippen molar-refractivity contribution in [3.8, 4) is 0 Å². The van der Waals surface area contributed by atoms with Crippen LogP contribution in [0.15, 0.2) is 4.42 Å². The largest absolute Gasteiger partial charge is 0.425 e. The number of aromatic nitrogens is 2. The summed E-state index contributed by atoms with van der Waals surface area (Å²) in [7, 11) is 0. The van der Waals surface area contributed by atoms with Crippen LogP contribution in [0.3, 0.4) is 0 Å². The van der Waals surface area contributed by atoms with E-state index >= 15 is 0 Å². The Hall–Kier alpha value is -1.39. The van der Waals surface area contributed by atoms with Crippen molar-refractivity contribution in [2.24, 2.45) is 10.8 Å². The van der Waals surface area contributed by atoms with Crippen molar-refractivity contribution in [1.82, 2.24) is 15.1 Å². The molecule has 0 unspecified atom stereocenters. The molecule has 1 aromatic rings. The molecule has 1 amide bonds. The molecule has 0 N–H and O–H groups in total. The molecule has 19 heavy (non-hydrogen) atoms. The lowest BCUT2D eigenvalue weighted by molar-refractivity contribution is -0.137. The highest BCUT2D eigenvalue weighted by molar-refractivity contribution is 5.78. The monoisotopic (exact) mass is 265 g/mol. The third kappa shape index (κ3) is 3.55.